The number of carbonyl (C=O) groups is 7. The molecule has 0 aromatic heterocycles. The van der Waals surface area contributed by atoms with Crippen LogP contribution in [-0.4, -0.2) is 104 Å². The van der Waals surface area contributed by atoms with E-state index in [1.807, 2.05) is 5.32 Å². The van der Waals surface area contributed by atoms with Crippen molar-refractivity contribution in [3.05, 3.63) is 73.7 Å². The van der Waals surface area contributed by atoms with E-state index in [1.54, 1.807) is 25.1 Å². The van der Waals surface area contributed by atoms with E-state index >= 15 is 0 Å². The van der Waals surface area contributed by atoms with Crippen LogP contribution >= 0.6 is 42.4 Å². The van der Waals surface area contributed by atoms with E-state index in [2.05, 4.69) is 18.8 Å². The zero-order valence-corrected chi connectivity index (χ0v) is 38.6. The number of esters is 1. The number of carboxylic acid groups (broad SMARTS) is 1. The van der Waals surface area contributed by atoms with Crippen LogP contribution in [0.2, 0.25) is 10.0 Å². The molecule has 334 valence electrons. The van der Waals surface area contributed by atoms with Gasteiger partial charge in [-0.25, -0.2) is 18.1 Å². The summed E-state index contributed by atoms with van der Waals surface area (Å²) in [5, 5.41) is 10.1. The van der Waals surface area contributed by atoms with E-state index in [9.17, 15) is 51.4 Å². The summed E-state index contributed by atoms with van der Waals surface area (Å²) >= 11 is 18.1. The number of carbonyl (C=O) groups excluding carboxylic acids is 6. The fourth-order valence-corrected chi connectivity index (χ4v) is 7.46. The normalized spacial score (nSPS) is 16.6. The predicted molar refractivity (Wildman–Crippen MR) is 232 cm³/mol. The molecule has 5 rings (SSSR count). The molecule has 0 spiro atoms. The van der Waals surface area contributed by atoms with Crippen molar-refractivity contribution in [1.82, 2.24) is 5.32 Å². The monoisotopic (exact) mass is 966 g/mol. The number of carboxylic acids is 1. The number of imide groups is 1. The Morgan fingerprint density at radius 3 is 1.93 bits per heavy atom. The number of halogens is 3. The van der Waals surface area contributed by atoms with Gasteiger partial charge in [0.2, 0.25) is 0 Å². The smallest absolute Gasteiger partial charge is 0.349 e. The SMILES string of the molecule is CCOC(=O)/C(Cl)=C/c1cc(N2C(=O)C3=C(CCCC3)C2=O)ccc1Cl.CS(=O)(=O)c1ccc(C(=O)C2C(=O)CCCC2=O)c(Cl)c1.C[S+](C)C.O=C(O)CNCP(=O)([O-])O. The lowest BCUT2D eigenvalue weighted by Crippen LogP contribution is -2.35. The Morgan fingerprint density at radius 1 is 0.934 bits per heavy atom. The Kier molecular flexibility index (Phi) is 21.2. The first-order valence-electron chi connectivity index (χ1n) is 18.3. The molecule has 1 heterocycles. The van der Waals surface area contributed by atoms with Crippen LogP contribution in [0.1, 0.15) is 67.8 Å². The minimum absolute atomic E-state index is 0.00216. The number of hydrogen-bond acceptors (Lipinski definition) is 13. The lowest BCUT2D eigenvalue weighted by atomic mass is 9.82. The van der Waals surface area contributed by atoms with Crippen molar-refractivity contribution in [3.8, 4) is 0 Å². The van der Waals surface area contributed by atoms with Gasteiger partial charge in [0.15, 0.2) is 27.2 Å². The second-order valence-electron chi connectivity index (χ2n) is 13.9. The number of rotatable bonds is 11. The number of hydrogen-bond donors (Lipinski definition) is 3. The van der Waals surface area contributed by atoms with Crippen LogP contribution in [0.25, 0.3) is 6.08 Å². The van der Waals surface area contributed by atoms with Crippen LogP contribution in [-0.2, 0) is 58.8 Å². The van der Waals surface area contributed by atoms with Crippen LogP contribution in [0.5, 0.6) is 0 Å². The van der Waals surface area contributed by atoms with Crippen LogP contribution in [0, 0.1) is 5.92 Å². The van der Waals surface area contributed by atoms with Gasteiger partial charge in [0, 0.05) is 40.8 Å². The number of ketones is 3. The zero-order chi connectivity index (χ0) is 46.4. The second-order valence-corrected chi connectivity index (χ2v) is 21.1. The highest BCUT2D eigenvalue weighted by Crippen LogP contribution is 2.37. The highest BCUT2D eigenvalue weighted by atomic mass is 35.5. The molecule has 3 N–H and O–H groups in total. The molecule has 1 fully saturated rings. The largest absolute Gasteiger partial charge is 0.778 e. The lowest BCUT2D eigenvalue weighted by Gasteiger charge is -2.18. The molecule has 1 unspecified atom stereocenters. The average molecular weight is 968 g/mol. The molecule has 0 bridgehead atoms. The molecular weight excluding hydrogens is 922 g/mol. The van der Waals surface area contributed by atoms with Crippen molar-refractivity contribution < 1.29 is 66.2 Å². The third-order valence-electron chi connectivity index (χ3n) is 8.36. The summed E-state index contributed by atoms with van der Waals surface area (Å²) in [7, 11) is -7.15. The van der Waals surface area contributed by atoms with Crippen molar-refractivity contribution in [2.75, 3.05) is 49.4 Å². The van der Waals surface area contributed by atoms with Crippen molar-refractivity contribution in [2.24, 2.45) is 5.92 Å². The van der Waals surface area contributed by atoms with Gasteiger partial charge in [0.05, 0.1) is 53.8 Å². The minimum atomic E-state index is -4.35. The van der Waals surface area contributed by atoms with Crippen molar-refractivity contribution in [2.45, 2.75) is 56.8 Å². The summed E-state index contributed by atoms with van der Waals surface area (Å²) in [6.45, 7) is 1.40. The number of nitrogens with one attached hydrogen (secondary N) is 1. The Morgan fingerprint density at radius 2 is 1.48 bits per heavy atom. The topological polar surface area (TPSA) is 259 Å². The maximum atomic E-state index is 12.7. The highest BCUT2D eigenvalue weighted by Gasteiger charge is 2.40. The van der Waals surface area contributed by atoms with Crippen LogP contribution in [0.15, 0.2) is 57.5 Å². The van der Waals surface area contributed by atoms with Gasteiger partial charge in [-0.05, 0) is 98.0 Å². The van der Waals surface area contributed by atoms with E-state index in [1.165, 1.54) is 23.1 Å². The van der Waals surface area contributed by atoms with Gasteiger partial charge < -0.3 is 24.2 Å². The number of benzene rings is 2. The van der Waals surface area contributed by atoms with E-state index < -0.39 is 65.5 Å². The summed E-state index contributed by atoms with van der Waals surface area (Å²) in [5.74, 6) is -5.17. The summed E-state index contributed by atoms with van der Waals surface area (Å²) in [6, 6.07) is 8.38. The Balaban J connectivity index is 0.000000326. The first-order chi connectivity index (χ1) is 28.3. The first-order valence-corrected chi connectivity index (χ1v) is 25.5. The van der Waals surface area contributed by atoms with Gasteiger partial charge in [0.1, 0.15) is 18.5 Å². The Bertz CT molecular complexity index is 2210. The number of amides is 2. The molecule has 1 atom stereocenters. The van der Waals surface area contributed by atoms with Gasteiger partial charge >= 0.3 is 11.9 Å². The molecule has 0 saturated heterocycles. The molecule has 2 aliphatic carbocycles. The number of Topliss-reactive ketones (excluding diaryl/α,β-unsaturated/α-hetero) is 3. The van der Waals surface area contributed by atoms with E-state index in [0.717, 1.165) is 25.2 Å². The molecule has 2 aromatic rings. The Hall–Kier alpha value is -3.71. The van der Waals surface area contributed by atoms with Crippen LogP contribution < -0.4 is 15.1 Å². The van der Waals surface area contributed by atoms with Gasteiger partial charge in [-0.3, -0.25) is 34.1 Å². The molecule has 61 heavy (non-hydrogen) atoms. The van der Waals surface area contributed by atoms with Crippen molar-refractivity contribution in [3.63, 3.8) is 0 Å². The highest BCUT2D eigenvalue weighted by molar-refractivity contribution is 7.94. The molecule has 2 aromatic carbocycles. The first kappa shape index (κ1) is 53.4. The van der Waals surface area contributed by atoms with Crippen molar-refractivity contribution >= 4 is 116 Å². The molecule has 16 nitrogen and oxygen atoms in total. The summed E-state index contributed by atoms with van der Waals surface area (Å²) in [6.07, 6.45) is 12.2. The number of sulfone groups is 1. The number of nitrogens with zero attached hydrogens (tertiary/aromatic N) is 1. The van der Waals surface area contributed by atoms with E-state index in [0.29, 0.717) is 57.6 Å². The van der Waals surface area contributed by atoms with Crippen LogP contribution in [0.3, 0.4) is 0 Å². The molecule has 3 aliphatic rings. The number of anilines is 1. The summed E-state index contributed by atoms with van der Waals surface area (Å²) in [4.78, 5) is 102. The average Bonchev–Trinajstić information content (AvgIpc) is 3.40. The van der Waals surface area contributed by atoms with Gasteiger partial charge in [-0.1, -0.05) is 34.8 Å². The van der Waals surface area contributed by atoms with E-state index in [-0.39, 0.29) is 51.8 Å². The lowest BCUT2D eigenvalue weighted by molar-refractivity contribution is -0.193. The standard InChI is InChI=1S/C19H17Cl2NO4.C14H13ClO5S.C3H8NO5P.C3H9S/c1-2-26-19(25)16(21)10-11-9-12(7-8-15(11)20)22-17(23)13-5-3-4-6-14(13)18(22)24;1-21(19,20)8-5-6-9(10(15)7-8)14(18)13-11(16)3-2-4-12(13)17;5-3(6)1-4-2-10(7,8)9;1-4(2)3/h7-10H,2-6H2,1H3;5-7,13H,2-4H2,1H3;4H,1-2H2,(H,5,6)(H2,7,8,9);1-3H3/q;;;+1/p-1/b16-10-;;;. The third kappa shape index (κ3) is 16.8. The molecule has 1 saturated carbocycles. The Labute approximate surface area is 371 Å². The van der Waals surface area contributed by atoms with Crippen LogP contribution in [0.4, 0.5) is 5.69 Å². The number of ether oxygens (including phenoxy) is 1. The summed E-state index contributed by atoms with van der Waals surface area (Å²) < 4.78 is 37.6. The summed E-state index contributed by atoms with van der Waals surface area (Å²) in [5.41, 5.74) is 2.04. The molecular formula is C39H46Cl3N2O14PS2. The molecule has 0 radical (unpaired) electrons. The predicted octanol–water partition coefficient (Wildman–Crippen LogP) is 4.75. The van der Waals surface area contributed by atoms with Crippen molar-refractivity contribution in [1.29, 1.82) is 0 Å². The zero-order valence-electron chi connectivity index (χ0n) is 33.8. The molecule has 1 aliphatic heterocycles. The maximum Gasteiger partial charge on any atom is 0.349 e. The fraction of sp³-hybridized carbons (Fsp3) is 0.410. The van der Waals surface area contributed by atoms with Gasteiger partial charge in [-0.2, -0.15) is 0 Å². The van der Waals surface area contributed by atoms with E-state index in [4.69, 9.17) is 49.5 Å². The minimum Gasteiger partial charge on any atom is -0.778 e. The second kappa shape index (κ2) is 24.2. The third-order valence-corrected chi connectivity index (χ3v) is 11.0. The number of aliphatic carboxylic acids is 1. The quantitative estimate of drug-likeness (QED) is 0.0522. The van der Waals surface area contributed by atoms with Gasteiger partial charge in [-0.15, -0.1) is 0 Å². The fourth-order valence-electron chi connectivity index (χ4n) is 5.73. The molecule has 2 amide bonds. The van der Waals surface area contributed by atoms with Gasteiger partial charge in [0.25, 0.3) is 11.8 Å². The molecule has 22 heteroatoms. The maximum absolute atomic E-state index is 12.7.